The normalized spacial score (nSPS) is 14.7. The summed E-state index contributed by atoms with van der Waals surface area (Å²) in [6, 6.07) is 10.5. The Hall–Kier alpha value is -1.26. The minimum atomic E-state index is 1.25. The molecule has 1 aromatic carbocycles. The summed E-state index contributed by atoms with van der Waals surface area (Å²) in [6.45, 7) is 2.14. The van der Waals surface area contributed by atoms with Crippen LogP contribution >= 0.6 is 0 Å². The Kier molecular flexibility index (Phi) is 2.33. The molecule has 1 aromatic rings. The van der Waals surface area contributed by atoms with E-state index in [1.165, 1.54) is 36.0 Å². The van der Waals surface area contributed by atoms with Crippen molar-refractivity contribution in [2.24, 2.45) is 0 Å². The average Bonchev–Trinajstić information content (AvgIpc) is 2.12. The predicted molar refractivity (Wildman–Crippen MR) is 56.4 cm³/mol. The van der Waals surface area contributed by atoms with Gasteiger partial charge >= 0.3 is 0 Å². The van der Waals surface area contributed by atoms with Gasteiger partial charge in [0.1, 0.15) is 0 Å². The first-order chi connectivity index (χ1) is 6.36. The van der Waals surface area contributed by atoms with E-state index in [2.05, 4.69) is 36.9 Å². The summed E-state index contributed by atoms with van der Waals surface area (Å²) in [6.07, 6.45) is 3.86. The lowest BCUT2D eigenvalue weighted by Crippen LogP contribution is -1.94. The standard InChI is InChI=1S/C13H14/c1-11(10-12-6-5-7-12)13-8-3-2-4-9-13/h2-4,8-9H,5-7H2,1H3. The molecule has 0 saturated heterocycles. The van der Waals surface area contributed by atoms with Crippen molar-refractivity contribution in [3.8, 4) is 0 Å². The van der Waals surface area contributed by atoms with Gasteiger partial charge in [0.15, 0.2) is 0 Å². The third-order valence-corrected chi connectivity index (χ3v) is 2.53. The van der Waals surface area contributed by atoms with Crippen LogP contribution in [-0.4, -0.2) is 0 Å². The van der Waals surface area contributed by atoms with Gasteiger partial charge in [0.05, 0.1) is 0 Å². The van der Waals surface area contributed by atoms with Crippen LogP contribution in [0.1, 0.15) is 31.7 Å². The van der Waals surface area contributed by atoms with Crippen molar-refractivity contribution in [1.82, 2.24) is 0 Å². The van der Waals surface area contributed by atoms with Gasteiger partial charge in [-0.2, -0.15) is 0 Å². The molecule has 2 rings (SSSR count). The lowest BCUT2D eigenvalue weighted by Gasteiger charge is -2.13. The number of hydrogen-bond acceptors (Lipinski definition) is 0. The van der Waals surface area contributed by atoms with Gasteiger partial charge in [-0.1, -0.05) is 30.3 Å². The molecule has 0 aromatic heterocycles. The third-order valence-electron chi connectivity index (χ3n) is 2.53. The van der Waals surface area contributed by atoms with E-state index in [0.29, 0.717) is 0 Å². The Morgan fingerprint density at radius 2 is 1.85 bits per heavy atom. The van der Waals surface area contributed by atoms with Crippen molar-refractivity contribution in [1.29, 1.82) is 0 Å². The van der Waals surface area contributed by atoms with Gasteiger partial charge in [0.25, 0.3) is 0 Å². The van der Waals surface area contributed by atoms with Crippen molar-refractivity contribution in [2.75, 3.05) is 0 Å². The van der Waals surface area contributed by atoms with Crippen LogP contribution in [0.15, 0.2) is 41.6 Å². The highest BCUT2D eigenvalue weighted by Crippen LogP contribution is 2.25. The molecule has 13 heavy (non-hydrogen) atoms. The first kappa shape index (κ1) is 8.34. The van der Waals surface area contributed by atoms with Crippen molar-refractivity contribution in [2.45, 2.75) is 26.2 Å². The quantitative estimate of drug-likeness (QED) is 0.562. The van der Waals surface area contributed by atoms with E-state index in [0.717, 1.165) is 0 Å². The first-order valence-corrected chi connectivity index (χ1v) is 4.87. The molecule has 0 heterocycles. The van der Waals surface area contributed by atoms with Crippen molar-refractivity contribution < 1.29 is 0 Å². The van der Waals surface area contributed by atoms with E-state index in [1.54, 1.807) is 0 Å². The third kappa shape index (κ3) is 1.91. The van der Waals surface area contributed by atoms with E-state index in [-0.39, 0.29) is 0 Å². The van der Waals surface area contributed by atoms with Crippen molar-refractivity contribution in [3.05, 3.63) is 47.2 Å². The van der Waals surface area contributed by atoms with Gasteiger partial charge in [0, 0.05) is 0 Å². The van der Waals surface area contributed by atoms with Crippen LogP contribution < -0.4 is 0 Å². The zero-order valence-electron chi connectivity index (χ0n) is 8.01. The summed E-state index contributed by atoms with van der Waals surface area (Å²) in [7, 11) is 0. The molecule has 1 fully saturated rings. The molecular weight excluding hydrogens is 156 g/mol. The molecular formula is C13H14. The molecule has 1 aliphatic carbocycles. The lowest BCUT2D eigenvalue weighted by molar-refractivity contribution is 0.665. The van der Waals surface area contributed by atoms with Crippen LogP contribution in [0.25, 0.3) is 5.57 Å². The summed E-state index contributed by atoms with van der Waals surface area (Å²) in [5.74, 6) is 0. The van der Waals surface area contributed by atoms with Gasteiger partial charge in [-0.25, -0.2) is 0 Å². The molecule has 0 spiro atoms. The Morgan fingerprint density at radius 1 is 1.15 bits per heavy atom. The molecule has 1 saturated carbocycles. The molecule has 0 amide bonds. The lowest BCUT2D eigenvalue weighted by atomic mass is 9.92. The van der Waals surface area contributed by atoms with Crippen molar-refractivity contribution in [3.63, 3.8) is 0 Å². The maximum atomic E-state index is 3.47. The van der Waals surface area contributed by atoms with Gasteiger partial charge in [-0.15, -0.1) is 5.73 Å². The average molecular weight is 170 g/mol. The number of rotatable bonds is 1. The number of benzene rings is 1. The smallest absolute Gasteiger partial charge is 0.00195 e. The fourth-order valence-electron chi connectivity index (χ4n) is 1.50. The fraction of sp³-hybridized carbons (Fsp3) is 0.308. The van der Waals surface area contributed by atoms with Crippen LogP contribution in [0.3, 0.4) is 0 Å². The zero-order valence-corrected chi connectivity index (χ0v) is 8.01. The molecule has 0 atom stereocenters. The monoisotopic (exact) mass is 170 g/mol. The SMILES string of the molecule is CC(=C=C1CCC1)c1ccccc1. The van der Waals surface area contributed by atoms with Crippen LogP contribution in [0.2, 0.25) is 0 Å². The highest BCUT2D eigenvalue weighted by atomic mass is 14.1. The van der Waals surface area contributed by atoms with Gasteiger partial charge in [0.2, 0.25) is 0 Å². The fourth-order valence-corrected chi connectivity index (χ4v) is 1.50. The van der Waals surface area contributed by atoms with Gasteiger partial charge in [-0.05, 0) is 42.9 Å². The molecule has 0 aliphatic heterocycles. The van der Waals surface area contributed by atoms with Crippen LogP contribution in [0.4, 0.5) is 0 Å². The van der Waals surface area contributed by atoms with E-state index in [9.17, 15) is 0 Å². The van der Waals surface area contributed by atoms with Gasteiger partial charge < -0.3 is 0 Å². The maximum absolute atomic E-state index is 3.47. The molecule has 0 unspecified atom stereocenters. The minimum Gasteiger partial charge on any atom is -0.118 e. The second-order valence-electron chi connectivity index (χ2n) is 3.57. The summed E-state index contributed by atoms with van der Waals surface area (Å²) < 4.78 is 0. The summed E-state index contributed by atoms with van der Waals surface area (Å²) >= 11 is 0. The van der Waals surface area contributed by atoms with Crippen LogP contribution in [-0.2, 0) is 0 Å². The topological polar surface area (TPSA) is 0 Å². The molecule has 1 aliphatic rings. The zero-order chi connectivity index (χ0) is 9.10. The Balaban J connectivity index is 2.32. The highest BCUT2D eigenvalue weighted by molar-refractivity contribution is 5.63. The summed E-state index contributed by atoms with van der Waals surface area (Å²) in [4.78, 5) is 0. The van der Waals surface area contributed by atoms with Gasteiger partial charge in [-0.3, -0.25) is 0 Å². The van der Waals surface area contributed by atoms with E-state index >= 15 is 0 Å². The Morgan fingerprint density at radius 3 is 2.38 bits per heavy atom. The molecule has 0 heteroatoms. The summed E-state index contributed by atoms with van der Waals surface area (Å²) in [5, 5.41) is 0. The second kappa shape index (κ2) is 3.64. The number of hydrogen-bond donors (Lipinski definition) is 0. The molecule has 0 nitrogen and oxygen atoms in total. The van der Waals surface area contributed by atoms with Crippen LogP contribution in [0.5, 0.6) is 0 Å². The predicted octanol–water partition coefficient (Wildman–Crippen LogP) is 3.80. The minimum absolute atomic E-state index is 1.25. The highest BCUT2D eigenvalue weighted by Gasteiger charge is 2.06. The van der Waals surface area contributed by atoms with E-state index in [1.807, 2.05) is 6.07 Å². The van der Waals surface area contributed by atoms with E-state index in [4.69, 9.17) is 0 Å². The second-order valence-corrected chi connectivity index (χ2v) is 3.57. The summed E-state index contributed by atoms with van der Waals surface area (Å²) in [5.41, 5.74) is 7.52. The molecule has 0 radical (unpaired) electrons. The van der Waals surface area contributed by atoms with Crippen molar-refractivity contribution >= 4 is 5.57 Å². The number of allylic oxidation sites excluding steroid dienone is 1. The van der Waals surface area contributed by atoms with E-state index < -0.39 is 0 Å². The Labute approximate surface area is 79.6 Å². The molecule has 66 valence electrons. The Bertz CT molecular complexity index is 345. The first-order valence-electron chi connectivity index (χ1n) is 4.87. The van der Waals surface area contributed by atoms with Crippen LogP contribution in [0, 0.1) is 0 Å². The maximum Gasteiger partial charge on any atom is -0.00195 e. The largest absolute Gasteiger partial charge is 0.118 e. The molecule has 0 bridgehead atoms. The molecule has 0 N–H and O–H groups in total.